The molecule has 6 heteroatoms. The van der Waals surface area contributed by atoms with E-state index in [1.54, 1.807) is 31.2 Å². The molecule has 0 aliphatic rings. The van der Waals surface area contributed by atoms with Crippen molar-refractivity contribution in [1.82, 2.24) is 4.98 Å². The molecule has 0 saturated heterocycles. The Labute approximate surface area is 160 Å². The van der Waals surface area contributed by atoms with E-state index in [4.69, 9.17) is 11.6 Å². The van der Waals surface area contributed by atoms with Gasteiger partial charge in [0.1, 0.15) is 0 Å². The maximum atomic E-state index is 12.5. The van der Waals surface area contributed by atoms with Crippen molar-refractivity contribution in [3.05, 3.63) is 81.3 Å². The minimum Gasteiger partial charge on any atom is -0.298 e. The number of hydrogen-bond donors (Lipinski definition) is 1. The van der Waals surface area contributed by atoms with Gasteiger partial charge in [-0.2, -0.15) is 0 Å². The van der Waals surface area contributed by atoms with Crippen LogP contribution in [0, 0.1) is 6.92 Å². The largest absolute Gasteiger partial charge is 0.298 e. The summed E-state index contributed by atoms with van der Waals surface area (Å²) in [7, 11) is 0. The summed E-state index contributed by atoms with van der Waals surface area (Å²) >= 11 is 7.18. The van der Waals surface area contributed by atoms with Gasteiger partial charge in [0.2, 0.25) is 0 Å². The first kappa shape index (κ1) is 18.3. The van der Waals surface area contributed by atoms with Crippen LogP contribution in [0.2, 0.25) is 5.02 Å². The molecule has 0 spiro atoms. The number of rotatable bonds is 6. The van der Waals surface area contributed by atoms with Gasteiger partial charge >= 0.3 is 0 Å². The van der Waals surface area contributed by atoms with Crippen LogP contribution in [0.3, 0.4) is 0 Å². The van der Waals surface area contributed by atoms with Crippen molar-refractivity contribution in [3.8, 4) is 0 Å². The first-order valence-electron chi connectivity index (χ1n) is 8.14. The fraction of sp³-hybridized carbons (Fsp3) is 0.150. The topological polar surface area (TPSA) is 59.1 Å². The number of ketones is 1. The molecule has 0 atom stereocenters. The summed E-state index contributed by atoms with van der Waals surface area (Å²) in [4.78, 5) is 29.6. The van der Waals surface area contributed by atoms with Gasteiger partial charge in [-0.05, 0) is 43.2 Å². The molecule has 0 unspecified atom stereocenters. The molecule has 0 bridgehead atoms. The third kappa shape index (κ3) is 4.56. The molecule has 0 saturated carbocycles. The second kappa shape index (κ2) is 8.25. The summed E-state index contributed by atoms with van der Waals surface area (Å²) in [6.07, 6.45) is 0.984. The monoisotopic (exact) mass is 384 g/mol. The summed E-state index contributed by atoms with van der Waals surface area (Å²) in [6, 6.07) is 16.4. The van der Waals surface area contributed by atoms with Crippen molar-refractivity contribution in [2.45, 2.75) is 19.8 Å². The van der Waals surface area contributed by atoms with Crippen LogP contribution in [-0.4, -0.2) is 16.7 Å². The van der Waals surface area contributed by atoms with E-state index in [-0.39, 0.29) is 11.7 Å². The minimum atomic E-state index is -0.239. The Balaban J connectivity index is 1.65. The number of thiazole rings is 1. The summed E-state index contributed by atoms with van der Waals surface area (Å²) in [5.41, 5.74) is 2.20. The van der Waals surface area contributed by atoms with Gasteiger partial charge in [-0.25, -0.2) is 4.98 Å². The van der Waals surface area contributed by atoms with E-state index < -0.39 is 0 Å². The normalized spacial score (nSPS) is 10.5. The van der Waals surface area contributed by atoms with Gasteiger partial charge in [0.25, 0.3) is 5.91 Å². The Kier molecular flexibility index (Phi) is 5.81. The first-order valence-corrected chi connectivity index (χ1v) is 9.34. The fourth-order valence-corrected chi connectivity index (χ4v) is 3.67. The lowest BCUT2D eigenvalue weighted by atomic mass is 10.1. The van der Waals surface area contributed by atoms with Crippen molar-refractivity contribution in [1.29, 1.82) is 0 Å². The standard InChI is InChI=1S/C20H17ClN2O2S/c1-13-18(17(24)11-10-14-6-5-9-16(21)12-14)26-20(22-13)23-19(25)15-7-3-2-4-8-15/h2-9,12H,10-11H2,1H3,(H,22,23,25). The quantitative estimate of drug-likeness (QED) is 0.596. The summed E-state index contributed by atoms with van der Waals surface area (Å²) in [6.45, 7) is 1.78. The highest BCUT2D eigenvalue weighted by atomic mass is 35.5. The first-order chi connectivity index (χ1) is 12.5. The number of carbonyl (C=O) groups excluding carboxylic acids is 2. The van der Waals surface area contributed by atoms with Crippen LogP contribution in [0.15, 0.2) is 54.6 Å². The molecule has 1 aromatic heterocycles. The van der Waals surface area contributed by atoms with E-state index in [1.165, 1.54) is 11.3 Å². The van der Waals surface area contributed by atoms with Gasteiger partial charge < -0.3 is 0 Å². The maximum absolute atomic E-state index is 12.5. The van der Waals surface area contributed by atoms with Crippen LogP contribution in [0.4, 0.5) is 5.13 Å². The summed E-state index contributed by atoms with van der Waals surface area (Å²) < 4.78 is 0. The zero-order chi connectivity index (χ0) is 18.5. The molecular formula is C20H17ClN2O2S. The van der Waals surface area contributed by atoms with Crippen molar-refractivity contribution in [2.24, 2.45) is 0 Å². The van der Waals surface area contributed by atoms with Gasteiger partial charge in [0, 0.05) is 17.0 Å². The maximum Gasteiger partial charge on any atom is 0.257 e. The predicted octanol–water partition coefficient (Wildman–Crippen LogP) is 5.17. The van der Waals surface area contributed by atoms with Crippen molar-refractivity contribution in [2.75, 3.05) is 5.32 Å². The number of nitrogens with one attached hydrogen (secondary N) is 1. The molecule has 2 aromatic carbocycles. The number of amides is 1. The Hall–Kier alpha value is -2.50. The van der Waals surface area contributed by atoms with Crippen LogP contribution in [0.1, 0.15) is 37.7 Å². The van der Waals surface area contributed by atoms with Crippen LogP contribution in [-0.2, 0) is 6.42 Å². The zero-order valence-corrected chi connectivity index (χ0v) is 15.7. The lowest BCUT2D eigenvalue weighted by Gasteiger charge is -2.01. The van der Waals surface area contributed by atoms with Crippen LogP contribution in [0.5, 0.6) is 0 Å². The van der Waals surface area contributed by atoms with E-state index in [0.29, 0.717) is 39.1 Å². The second-order valence-electron chi connectivity index (χ2n) is 5.81. The number of aromatic nitrogens is 1. The van der Waals surface area contributed by atoms with Crippen molar-refractivity contribution in [3.63, 3.8) is 0 Å². The second-order valence-corrected chi connectivity index (χ2v) is 7.24. The molecule has 4 nitrogen and oxygen atoms in total. The van der Waals surface area contributed by atoms with Crippen molar-refractivity contribution < 1.29 is 9.59 Å². The number of Topliss-reactive ketones (excluding diaryl/α,β-unsaturated/α-hetero) is 1. The molecule has 3 rings (SSSR count). The molecule has 0 aliphatic carbocycles. The van der Waals surface area contributed by atoms with Gasteiger partial charge in [-0.1, -0.05) is 53.3 Å². The molecule has 1 N–H and O–H groups in total. The van der Waals surface area contributed by atoms with Gasteiger partial charge in [-0.3, -0.25) is 14.9 Å². The van der Waals surface area contributed by atoms with E-state index >= 15 is 0 Å². The lowest BCUT2D eigenvalue weighted by Crippen LogP contribution is -2.11. The Morgan fingerprint density at radius 2 is 1.88 bits per heavy atom. The zero-order valence-electron chi connectivity index (χ0n) is 14.2. The number of hydrogen-bond acceptors (Lipinski definition) is 4. The molecule has 1 heterocycles. The molecule has 0 radical (unpaired) electrons. The Bertz CT molecular complexity index is 938. The minimum absolute atomic E-state index is 0.0141. The Morgan fingerprint density at radius 1 is 1.12 bits per heavy atom. The molecule has 26 heavy (non-hydrogen) atoms. The van der Waals surface area contributed by atoms with Gasteiger partial charge in [0.15, 0.2) is 10.9 Å². The van der Waals surface area contributed by atoms with Crippen LogP contribution in [0.25, 0.3) is 0 Å². The smallest absolute Gasteiger partial charge is 0.257 e. The fourth-order valence-electron chi connectivity index (χ4n) is 2.53. The van der Waals surface area contributed by atoms with Gasteiger partial charge in [-0.15, -0.1) is 0 Å². The molecule has 0 fully saturated rings. The van der Waals surface area contributed by atoms with E-state index in [2.05, 4.69) is 10.3 Å². The highest BCUT2D eigenvalue weighted by molar-refractivity contribution is 7.17. The van der Waals surface area contributed by atoms with Gasteiger partial charge in [0.05, 0.1) is 10.6 Å². The molecular weight excluding hydrogens is 368 g/mol. The average molecular weight is 385 g/mol. The molecule has 132 valence electrons. The molecule has 3 aromatic rings. The highest BCUT2D eigenvalue weighted by Crippen LogP contribution is 2.25. The SMILES string of the molecule is Cc1nc(NC(=O)c2ccccc2)sc1C(=O)CCc1cccc(Cl)c1. The van der Waals surface area contributed by atoms with E-state index in [1.807, 2.05) is 30.3 Å². The number of aryl methyl sites for hydroxylation is 2. The number of benzene rings is 2. The summed E-state index contributed by atoms with van der Waals surface area (Å²) in [5, 5.41) is 3.85. The predicted molar refractivity (Wildman–Crippen MR) is 105 cm³/mol. The number of nitrogens with zero attached hydrogens (tertiary/aromatic N) is 1. The van der Waals surface area contributed by atoms with Crippen LogP contribution >= 0.6 is 22.9 Å². The lowest BCUT2D eigenvalue weighted by molar-refractivity contribution is 0.0984. The van der Waals surface area contributed by atoms with Crippen LogP contribution < -0.4 is 5.32 Å². The van der Waals surface area contributed by atoms with E-state index in [0.717, 1.165) is 5.56 Å². The number of anilines is 1. The third-order valence-corrected chi connectivity index (χ3v) is 5.19. The third-order valence-electron chi connectivity index (χ3n) is 3.84. The highest BCUT2D eigenvalue weighted by Gasteiger charge is 2.17. The molecule has 1 amide bonds. The number of halogens is 1. The molecule has 0 aliphatic heterocycles. The average Bonchev–Trinajstić information content (AvgIpc) is 3.00. The Morgan fingerprint density at radius 3 is 2.62 bits per heavy atom. The number of carbonyl (C=O) groups is 2. The summed E-state index contributed by atoms with van der Waals surface area (Å²) in [5.74, 6) is -0.225. The van der Waals surface area contributed by atoms with E-state index in [9.17, 15) is 9.59 Å². The van der Waals surface area contributed by atoms with Crippen molar-refractivity contribution >= 4 is 39.8 Å².